The number of rotatable bonds is 3. The van der Waals surface area contributed by atoms with Crippen molar-refractivity contribution in [3.63, 3.8) is 0 Å². The normalized spacial score (nSPS) is 21.2. The van der Waals surface area contributed by atoms with Gasteiger partial charge in [-0.15, -0.1) is 0 Å². The number of piperidine rings is 1. The number of ether oxygens (including phenoxy) is 2. The standard InChI is InChI=1S/C15H18Cl2N2O3/c16-11-7-12(17)9-13(8-11)18-14(20)10-19-3-1-15(2-4-19)21-5-6-22-15/h7-9H,1-6,10H2,(H,18,20). The van der Waals surface area contributed by atoms with Crippen LogP contribution in [0.15, 0.2) is 18.2 Å². The predicted molar refractivity (Wildman–Crippen MR) is 85.4 cm³/mol. The Morgan fingerprint density at radius 1 is 1.14 bits per heavy atom. The van der Waals surface area contributed by atoms with Crippen molar-refractivity contribution >= 4 is 34.8 Å². The van der Waals surface area contributed by atoms with Gasteiger partial charge in [-0.25, -0.2) is 0 Å². The van der Waals surface area contributed by atoms with E-state index in [0.717, 1.165) is 25.9 Å². The van der Waals surface area contributed by atoms with Gasteiger partial charge in [-0.2, -0.15) is 0 Å². The van der Waals surface area contributed by atoms with Crippen LogP contribution < -0.4 is 5.32 Å². The molecular formula is C15H18Cl2N2O3. The van der Waals surface area contributed by atoms with E-state index in [1.807, 2.05) is 0 Å². The second-order valence-corrected chi connectivity index (χ2v) is 6.46. The Balaban J connectivity index is 1.50. The maximum absolute atomic E-state index is 12.1. The lowest BCUT2D eigenvalue weighted by molar-refractivity contribution is -0.185. The van der Waals surface area contributed by atoms with Crippen LogP contribution in [0.1, 0.15) is 12.8 Å². The van der Waals surface area contributed by atoms with Crippen molar-refractivity contribution in [2.45, 2.75) is 18.6 Å². The molecule has 0 saturated carbocycles. The first-order chi connectivity index (χ1) is 10.5. The molecule has 0 bridgehead atoms. The van der Waals surface area contributed by atoms with Gasteiger partial charge in [0.05, 0.1) is 19.8 Å². The molecule has 120 valence electrons. The lowest BCUT2D eigenvalue weighted by Crippen LogP contribution is -2.47. The van der Waals surface area contributed by atoms with Crippen molar-refractivity contribution in [2.24, 2.45) is 0 Å². The van der Waals surface area contributed by atoms with Gasteiger partial charge < -0.3 is 14.8 Å². The number of nitrogens with zero attached hydrogens (tertiary/aromatic N) is 1. The van der Waals surface area contributed by atoms with E-state index in [0.29, 0.717) is 35.5 Å². The maximum Gasteiger partial charge on any atom is 0.238 e. The molecular weight excluding hydrogens is 327 g/mol. The topological polar surface area (TPSA) is 50.8 Å². The molecule has 2 heterocycles. The van der Waals surface area contributed by atoms with Gasteiger partial charge in [-0.3, -0.25) is 9.69 Å². The third-order valence-electron chi connectivity index (χ3n) is 3.94. The summed E-state index contributed by atoms with van der Waals surface area (Å²) >= 11 is 11.8. The van der Waals surface area contributed by atoms with Gasteiger partial charge in [0.15, 0.2) is 5.79 Å². The van der Waals surface area contributed by atoms with E-state index in [1.165, 1.54) is 0 Å². The number of likely N-dealkylation sites (tertiary alicyclic amines) is 1. The summed E-state index contributed by atoms with van der Waals surface area (Å²) in [5.41, 5.74) is 0.610. The second-order valence-electron chi connectivity index (χ2n) is 5.59. The number of benzene rings is 1. The summed E-state index contributed by atoms with van der Waals surface area (Å²) in [6, 6.07) is 4.98. The lowest BCUT2D eigenvalue weighted by Gasteiger charge is -2.37. The van der Waals surface area contributed by atoms with Crippen molar-refractivity contribution in [1.29, 1.82) is 0 Å². The van der Waals surface area contributed by atoms with E-state index in [2.05, 4.69) is 10.2 Å². The first-order valence-electron chi connectivity index (χ1n) is 7.31. The molecule has 1 aromatic carbocycles. The predicted octanol–water partition coefficient (Wildman–Crippen LogP) is 2.77. The zero-order chi connectivity index (χ0) is 15.6. The Labute approximate surface area is 139 Å². The Morgan fingerprint density at radius 3 is 2.32 bits per heavy atom. The van der Waals surface area contributed by atoms with E-state index < -0.39 is 5.79 Å². The van der Waals surface area contributed by atoms with Crippen molar-refractivity contribution in [3.05, 3.63) is 28.2 Å². The van der Waals surface area contributed by atoms with E-state index in [4.69, 9.17) is 32.7 Å². The van der Waals surface area contributed by atoms with Gasteiger partial charge in [0, 0.05) is 41.7 Å². The summed E-state index contributed by atoms with van der Waals surface area (Å²) < 4.78 is 11.4. The van der Waals surface area contributed by atoms with Crippen LogP contribution in [-0.2, 0) is 14.3 Å². The average molecular weight is 345 g/mol. The molecule has 5 nitrogen and oxygen atoms in total. The molecule has 0 atom stereocenters. The Morgan fingerprint density at radius 2 is 1.73 bits per heavy atom. The molecule has 22 heavy (non-hydrogen) atoms. The van der Waals surface area contributed by atoms with Gasteiger partial charge in [0.25, 0.3) is 0 Å². The van der Waals surface area contributed by atoms with Crippen molar-refractivity contribution in [1.82, 2.24) is 4.90 Å². The van der Waals surface area contributed by atoms with Crippen LogP contribution in [0.25, 0.3) is 0 Å². The molecule has 1 amide bonds. The minimum absolute atomic E-state index is 0.0810. The number of halogens is 2. The molecule has 0 unspecified atom stereocenters. The lowest BCUT2D eigenvalue weighted by atomic mass is 10.0. The van der Waals surface area contributed by atoms with Crippen LogP contribution in [0.5, 0.6) is 0 Å². The van der Waals surface area contributed by atoms with E-state index in [1.54, 1.807) is 18.2 Å². The first kappa shape index (κ1) is 16.0. The molecule has 3 rings (SSSR count). The third-order valence-corrected chi connectivity index (χ3v) is 4.38. The van der Waals surface area contributed by atoms with Crippen LogP contribution in [0.3, 0.4) is 0 Å². The summed E-state index contributed by atoms with van der Waals surface area (Å²) in [7, 11) is 0. The fourth-order valence-electron chi connectivity index (χ4n) is 2.87. The summed E-state index contributed by atoms with van der Waals surface area (Å²) in [6.45, 7) is 3.22. The third kappa shape index (κ3) is 3.91. The highest BCUT2D eigenvalue weighted by atomic mass is 35.5. The van der Waals surface area contributed by atoms with Crippen molar-refractivity contribution in [2.75, 3.05) is 38.2 Å². The molecule has 1 N–H and O–H groups in total. The number of carbonyl (C=O) groups is 1. The van der Waals surface area contributed by atoms with E-state index in [-0.39, 0.29) is 5.91 Å². The largest absolute Gasteiger partial charge is 0.347 e. The number of hydrogen-bond donors (Lipinski definition) is 1. The fourth-order valence-corrected chi connectivity index (χ4v) is 3.39. The van der Waals surface area contributed by atoms with Gasteiger partial charge in [-0.05, 0) is 18.2 Å². The quantitative estimate of drug-likeness (QED) is 0.915. The monoisotopic (exact) mass is 344 g/mol. The van der Waals surface area contributed by atoms with Crippen LogP contribution in [-0.4, -0.2) is 49.4 Å². The van der Waals surface area contributed by atoms with Gasteiger partial charge in [0.1, 0.15) is 0 Å². The summed E-state index contributed by atoms with van der Waals surface area (Å²) in [5, 5.41) is 3.82. The van der Waals surface area contributed by atoms with Crippen LogP contribution in [0, 0.1) is 0 Å². The van der Waals surface area contributed by atoms with Gasteiger partial charge in [0.2, 0.25) is 5.91 Å². The number of carbonyl (C=O) groups excluding carboxylic acids is 1. The van der Waals surface area contributed by atoms with Crippen LogP contribution in [0.2, 0.25) is 10.0 Å². The summed E-state index contributed by atoms with van der Waals surface area (Å²) in [6.07, 6.45) is 1.59. The van der Waals surface area contributed by atoms with E-state index in [9.17, 15) is 4.79 Å². The smallest absolute Gasteiger partial charge is 0.238 e. The maximum atomic E-state index is 12.1. The minimum atomic E-state index is -0.409. The summed E-state index contributed by atoms with van der Waals surface area (Å²) in [5.74, 6) is -0.490. The highest BCUT2D eigenvalue weighted by Crippen LogP contribution is 2.31. The van der Waals surface area contributed by atoms with Gasteiger partial charge in [-0.1, -0.05) is 23.2 Å². The highest BCUT2D eigenvalue weighted by molar-refractivity contribution is 6.35. The number of anilines is 1. The summed E-state index contributed by atoms with van der Waals surface area (Å²) in [4.78, 5) is 14.2. The molecule has 7 heteroatoms. The average Bonchev–Trinajstić information content (AvgIpc) is 2.89. The SMILES string of the molecule is O=C(CN1CCC2(CC1)OCCO2)Nc1cc(Cl)cc(Cl)c1. The number of hydrogen-bond acceptors (Lipinski definition) is 4. The van der Waals surface area contributed by atoms with Crippen LogP contribution >= 0.6 is 23.2 Å². The zero-order valence-corrected chi connectivity index (χ0v) is 13.6. The Bertz CT molecular complexity index is 531. The first-order valence-corrected chi connectivity index (χ1v) is 8.07. The van der Waals surface area contributed by atoms with Gasteiger partial charge >= 0.3 is 0 Å². The minimum Gasteiger partial charge on any atom is -0.347 e. The van der Waals surface area contributed by atoms with Crippen molar-refractivity contribution < 1.29 is 14.3 Å². The zero-order valence-electron chi connectivity index (χ0n) is 12.1. The van der Waals surface area contributed by atoms with Crippen LogP contribution in [0.4, 0.5) is 5.69 Å². The molecule has 2 fully saturated rings. The molecule has 2 aliphatic heterocycles. The molecule has 0 aromatic heterocycles. The fraction of sp³-hybridized carbons (Fsp3) is 0.533. The molecule has 2 aliphatic rings. The Kier molecular flexibility index (Phi) is 4.90. The number of nitrogens with one attached hydrogen (secondary N) is 1. The second kappa shape index (κ2) is 6.72. The highest BCUT2D eigenvalue weighted by Gasteiger charge is 2.39. The molecule has 0 aliphatic carbocycles. The number of amides is 1. The van der Waals surface area contributed by atoms with E-state index >= 15 is 0 Å². The molecule has 2 saturated heterocycles. The molecule has 1 spiro atoms. The molecule has 0 radical (unpaired) electrons. The molecule has 1 aromatic rings. The van der Waals surface area contributed by atoms with Crippen molar-refractivity contribution in [3.8, 4) is 0 Å². The Hall–Kier alpha value is -0.850.